The van der Waals surface area contributed by atoms with Gasteiger partial charge >= 0.3 is 0 Å². The molecule has 1 saturated heterocycles. The Kier molecular flexibility index (Phi) is 6.25. The van der Waals surface area contributed by atoms with E-state index in [1.807, 2.05) is 0 Å². The lowest BCUT2D eigenvalue weighted by Crippen LogP contribution is -2.27. The number of ether oxygens (including phenoxy) is 1. The maximum atomic E-state index is 12.3. The number of anilines is 1. The summed E-state index contributed by atoms with van der Waals surface area (Å²) in [4.78, 5) is 26.2. The summed E-state index contributed by atoms with van der Waals surface area (Å²) in [5.74, 6) is 5.36. The number of aromatic nitrogens is 4. The van der Waals surface area contributed by atoms with Crippen LogP contribution in [0.2, 0.25) is 0 Å². The highest BCUT2D eigenvalue weighted by molar-refractivity contribution is 6.00. The number of allylic oxidation sites excluding steroid dienone is 1. The lowest BCUT2D eigenvalue weighted by atomic mass is 10.2. The van der Waals surface area contributed by atoms with Crippen molar-refractivity contribution >= 4 is 23.1 Å². The molecule has 3 aromatic heterocycles. The number of carbonyl (C=O) groups is 2. The van der Waals surface area contributed by atoms with E-state index in [2.05, 4.69) is 40.0 Å². The minimum Gasteiger partial charge on any atom is -0.503 e. The molecule has 1 aliphatic heterocycles. The van der Waals surface area contributed by atoms with Crippen molar-refractivity contribution < 1.29 is 14.3 Å². The highest BCUT2D eigenvalue weighted by atomic mass is 16.5. The van der Waals surface area contributed by atoms with Gasteiger partial charge in [0.25, 0.3) is 5.91 Å². The van der Waals surface area contributed by atoms with Crippen molar-refractivity contribution in [2.24, 2.45) is 5.73 Å². The molecule has 0 saturated carbocycles. The van der Waals surface area contributed by atoms with Gasteiger partial charge in [0.15, 0.2) is 5.69 Å². The van der Waals surface area contributed by atoms with E-state index in [0.717, 1.165) is 0 Å². The number of rotatable bonds is 5. The molecule has 3 N–H and O–H groups in total. The number of pyridine rings is 1. The summed E-state index contributed by atoms with van der Waals surface area (Å²) in [6.45, 7) is 3.86. The Balaban J connectivity index is 1.74. The first kappa shape index (κ1) is 23.1. The summed E-state index contributed by atoms with van der Waals surface area (Å²) in [7, 11) is 3.16. The molecule has 11 nitrogen and oxygen atoms in total. The maximum absolute atomic E-state index is 12.3. The first-order valence-electron chi connectivity index (χ1n) is 10.6. The molecule has 11 heteroatoms. The molecule has 0 unspecified atom stereocenters. The van der Waals surface area contributed by atoms with Crippen LogP contribution in [0, 0.1) is 23.2 Å². The molecule has 0 radical (unpaired) electrons. The van der Waals surface area contributed by atoms with E-state index in [0.29, 0.717) is 41.1 Å². The molecule has 0 bridgehead atoms. The molecular formula is C24H22N8O3. The van der Waals surface area contributed by atoms with Crippen LogP contribution >= 0.6 is 0 Å². The van der Waals surface area contributed by atoms with Crippen LogP contribution in [-0.4, -0.2) is 56.8 Å². The summed E-state index contributed by atoms with van der Waals surface area (Å²) in [5.41, 5.74) is 8.43. The number of hydrogen-bond acceptors (Lipinski definition) is 7. The number of nitrogens with one attached hydrogen (secondary N) is 1. The molecule has 176 valence electrons. The molecule has 3 aromatic rings. The molecular weight excluding hydrogens is 448 g/mol. The highest BCUT2D eigenvalue weighted by Gasteiger charge is 2.35. The van der Waals surface area contributed by atoms with Gasteiger partial charge in [0.05, 0.1) is 36.1 Å². The monoisotopic (exact) mass is 470 g/mol. The van der Waals surface area contributed by atoms with Gasteiger partial charge in [-0.05, 0) is 24.1 Å². The predicted octanol–water partition coefficient (Wildman–Crippen LogP) is 1.39. The van der Waals surface area contributed by atoms with Crippen molar-refractivity contribution in [3.63, 3.8) is 0 Å². The molecule has 1 fully saturated rings. The molecule has 35 heavy (non-hydrogen) atoms. The molecule has 0 aromatic carbocycles. The number of likely N-dealkylation sites (tertiary alicyclic amines) is 1. The van der Waals surface area contributed by atoms with Crippen LogP contribution in [0.15, 0.2) is 49.1 Å². The van der Waals surface area contributed by atoms with Crippen molar-refractivity contribution in [2.45, 2.75) is 12.5 Å². The van der Waals surface area contributed by atoms with Gasteiger partial charge in [0.2, 0.25) is 5.91 Å². The smallest absolute Gasteiger partial charge is 0.255 e. The zero-order valence-electron chi connectivity index (χ0n) is 19.1. The van der Waals surface area contributed by atoms with Crippen molar-refractivity contribution in [1.29, 1.82) is 5.26 Å². The second kappa shape index (κ2) is 9.45. The molecule has 0 spiro atoms. The third-order valence-electron chi connectivity index (χ3n) is 5.58. The van der Waals surface area contributed by atoms with Crippen molar-refractivity contribution in [1.82, 2.24) is 24.3 Å². The van der Waals surface area contributed by atoms with E-state index in [1.54, 1.807) is 39.5 Å². The van der Waals surface area contributed by atoms with E-state index in [1.165, 1.54) is 25.6 Å². The van der Waals surface area contributed by atoms with E-state index in [9.17, 15) is 9.59 Å². The van der Waals surface area contributed by atoms with Crippen LogP contribution in [0.1, 0.15) is 39.6 Å². The fraction of sp³-hybridized carbons (Fsp3) is 0.208. The minimum atomic E-state index is -0.684. The molecule has 4 heterocycles. The zero-order valence-corrected chi connectivity index (χ0v) is 19.1. The number of nitriles is 1. The van der Waals surface area contributed by atoms with Gasteiger partial charge in [0.1, 0.15) is 23.7 Å². The largest absolute Gasteiger partial charge is 0.503 e. The number of nitrogens with two attached hydrogens (primary N) is 1. The number of primary amides is 1. The molecule has 1 aliphatic rings. The predicted molar refractivity (Wildman–Crippen MR) is 127 cm³/mol. The number of carbonyl (C=O) groups excluding carboxylic acids is 2. The van der Waals surface area contributed by atoms with Crippen LogP contribution in [0.5, 0.6) is 0 Å². The quantitative estimate of drug-likeness (QED) is 0.326. The Hall–Kier alpha value is -5.03. The average molecular weight is 470 g/mol. The first-order valence-corrected chi connectivity index (χ1v) is 10.6. The number of hydrogen-bond donors (Lipinski definition) is 2. The van der Waals surface area contributed by atoms with Gasteiger partial charge in [-0.3, -0.25) is 9.59 Å². The number of amides is 2. The van der Waals surface area contributed by atoms with Crippen molar-refractivity contribution in [3.05, 3.63) is 71.5 Å². The summed E-state index contributed by atoms with van der Waals surface area (Å²) in [6, 6.07) is 5.29. The Morgan fingerprint density at radius 1 is 1.37 bits per heavy atom. The standard InChI is InChI=1S/C24H22N8O3/c1-4-21(33)30-13-17(9-18(30)14-35-3)32-24(27-2)22(23(26)34)19(29-32)7-5-15-6-8-20-16(10-25)11-28-31(20)12-15/h4,6,8,11-12,14,17,27H,1,9,13H2,2-3H3,(H2,26,34)/b18-14+/t17-/m0/s1. The second-order valence-corrected chi connectivity index (χ2v) is 7.65. The zero-order chi connectivity index (χ0) is 25.1. The maximum Gasteiger partial charge on any atom is 0.255 e. The Labute approximate surface area is 201 Å². The van der Waals surface area contributed by atoms with Gasteiger partial charge in [-0.25, -0.2) is 9.20 Å². The Morgan fingerprint density at radius 2 is 2.17 bits per heavy atom. The van der Waals surface area contributed by atoms with Gasteiger partial charge in [-0.2, -0.15) is 15.5 Å². The van der Waals surface area contributed by atoms with Crippen molar-refractivity contribution in [2.75, 3.05) is 26.0 Å². The topological polar surface area (TPSA) is 144 Å². The van der Waals surface area contributed by atoms with E-state index < -0.39 is 5.91 Å². The van der Waals surface area contributed by atoms with E-state index in [-0.39, 0.29) is 23.2 Å². The second-order valence-electron chi connectivity index (χ2n) is 7.65. The lowest BCUT2D eigenvalue weighted by Gasteiger charge is -2.16. The fourth-order valence-corrected chi connectivity index (χ4v) is 4.03. The number of nitrogens with zero attached hydrogens (tertiary/aromatic N) is 6. The summed E-state index contributed by atoms with van der Waals surface area (Å²) in [5, 5.41) is 20.9. The lowest BCUT2D eigenvalue weighted by molar-refractivity contribution is -0.123. The average Bonchev–Trinajstić information content (AvgIpc) is 3.56. The van der Waals surface area contributed by atoms with E-state index >= 15 is 0 Å². The SMILES string of the molecule is C=CC(=O)N1C[C@@H](n2nc(C#Cc3ccc4c(C#N)cnn4c3)c(C(N)=O)c2NC)C/C1=C\OC. The van der Waals surface area contributed by atoms with Crippen LogP contribution < -0.4 is 11.1 Å². The van der Waals surface area contributed by atoms with Crippen LogP contribution in [-0.2, 0) is 9.53 Å². The fourth-order valence-electron chi connectivity index (χ4n) is 4.03. The molecule has 1 atom stereocenters. The normalized spacial score (nSPS) is 16.0. The van der Waals surface area contributed by atoms with Crippen LogP contribution in [0.3, 0.4) is 0 Å². The summed E-state index contributed by atoms with van der Waals surface area (Å²) >= 11 is 0. The Morgan fingerprint density at radius 3 is 2.83 bits per heavy atom. The van der Waals surface area contributed by atoms with Gasteiger partial charge in [0, 0.05) is 31.8 Å². The van der Waals surface area contributed by atoms with Crippen LogP contribution in [0.25, 0.3) is 5.52 Å². The van der Waals surface area contributed by atoms with Crippen molar-refractivity contribution in [3.8, 4) is 17.9 Å². The first-order chi connectivity index (χ1) is 16.9. The minimum absolute atomic E-state index is 0.151. The Bertz CT molecular complexity index is 1480. The van der Waals surface area contributed by atoms with Gasteiger partial charge in [-0.1, -0.05) is 12.5 Å². The number of methoxy groups -OCH3 is 1. The number of fused-ring (bicyclic) bond motifs is 1. The van der Waals surface area contributed by atoms with E-state index in [4.69, 9.17) is 15.7 Å². The third-order valence-corrected chi connectivity index (χ3v) is 5.58. The summed E-state index contributed by atoms with van der Waals surface area (Å²) in [6.07, 6.45) is 6.33. The molecule has 2 amide bonds. The van der Waals surface area contributed by atoms with Gasteiger partial charge in [-0.15, -0.1) is 0 Å². The summed E-state index contributed by atoms with van der Waals surface area (Å²) < 4.78 is 8.31. The molecule has 4 rings (SSSR count). The van der Waals surface area contributed by atoms with Gasteiger partial charge < -0.3 is 20.7 Å². The highest BCUT2D eigenvalue weighted by Crippen LogP contribution is 2.34. The third kappa shape index (κ3) is 4.18. The molecule has 0 aliphatic carbocycles. The van der Waals surface area contributed by atoms with Crippen LogP contribution in [0.4, 0.5) is 5.82 Å².